The lowest BCUT2D eigenvalue weighted by Crippen LogP contribution is -2.05. The summed E-state index contributed by atoms with van der Waals surface area (Å²) < 4.78 is 4.94. The Morgan fingerprint density at radius 1 is 1.31 bits per heavy atom. The van der Waals surface area contributed by atoms with E-state index in [0.29, 0.717) is 12.2 Å². The minimum Gasteiger partial charge on any atom is -0.462 e. The van der Waals surface area contributed by atoms with Crippen molar-refractivity contribution in [3.05, 3.63) is 35.9 Å². The first-order valence-electron chi connectivity index (χ1n) is 4.06. The Morgan fingerprint density at radius 3 is 2.46 bits per heavy atom. The lowest BCUT2D eigenvalue weighted by Gasteiger charge is -2.01. The molecule has 0 amide bonds. The zero-order valence-electron chi connectivity index (χ0n) is 7.53. The maximum atomic E-state index is 11.2. The predicted molar refractivity (Wildman–Crippen MR) is 54.3 cm³/mol. The van der Waals surface area contributed by atoms with Crippen LogP contribution in [0.4, 0.5) is 0 Å². The van der Waals surface area contributed by atoms with E-state index in [-0.39, 0.29) is 18.4 Å². The molecule has 0 atom stereocenters. The Bertz CT molecular complexity index is 246. The molecule has 72 valence electrons. The summed E-state index contributed by atoms with van der Waals surface area (Å²) in [5, 5.41) is 0. The predicted octanol–water partition coefficient (Wildman–Crippen LogP) is 2.68. The summed E-state index contributed by atoms with van der Waals surface area (Å²) in [6.45, 7) is 2.46. The number of hydrogen-bond acceptors (Lipinski definition) is 2. The van der Waals surface area contributed by atoms with E-state index >= 15 is 0 Å². The van der Waals surface area contributed by atoms with Crippen molar-refractivity contribution < 1.29 is 9.53 Å². The van der Waals surface area contributed by atoms with Crippen molar-refractivity contribution >= 4 is 18.4 Å². The molecule has 0 aliphatic rings. The van der Waals surface area contributed by atoms with E-state index in [0.717, 1.165) is 6.42 Å². The minimum absolute atomic E-state index is 0. The van der Waals surface area contributed by atoms with E-state index in [9.17, 15) is 4.79 Å². The van der Waals surface area contributed by atoms with Gasteiger partial charge in [-0.1, -0.05) is 25.1 Å². The van der Waals surface area contributed by atoms with Gasteiger partial charge in [-0.3, -0.25) is 0 Å². The molecule has 0 unspecified atom stereocenters. The molecule has 0 radical (unpaired) electrons. The van der Waals surface area contributed by atoms with E-state index in [2.05, 4.69) is 0 Å². The third kappa shape index (κ3) is 3.95. The summed E-state index contributed by atoms with van der Waals surface area (Å²) in [6, 6.07) is 9.01. The fourth-order valence-electron chi connectivity index (χ4n) is 0.852. The second-order valence-corrected chi connectivity index (χ2v) is 2.50. The molecule has 0 heterocycles. The van der Waals surface area contributed by atoms with Crippen LogP contribution in [0.15, 0.2) is 30.3 Å². The van der Waals surface area contributed by atoms with Crippen LogP contribution in [-0.2, 0) is 4.74 Å². The van der Waals surface area contributed by atoms with Crippen molar-refractivity contribution in [3.63, 3.8) is 0 Å². The van der Waals surface area contributed by atoms with Crippen LogP contribution >= 0.6 is 12.4 Å². The first kappa shape index (κ1) is 12.0. The van der Waals surface area contributed by atoms with Crippen LogP contribution in [0, 0.1) is 0 Å². The van der Waals surface area contributed by atoms with Crippen molar-refractivity contribution in [2.75, 3.05) is 6.61 Å². The van der Waals surface area contributed by atoms with Gasteiger partial charge in [0.25, 0.3) is 0 Å². The molecule has 1 rings (SSSR count). The van der Waals surface area contributed by atoms with Crippen molar-refractivity contribution in [3.8, 4) is 0 Å². The standard InChI is InChI=1S/C10H12O2.ClH/c1-2-8-12-10(11)9-6-4-3-5-7-9;/h3-7H,2,8H2,1H3;1H. The molecule has 2 nitrogen and oxygen atoms in total. The highest BCUT2D eigenvalue weighted by atomic mass is 35.5. The Kier molecular flexibility index (Phi) is 5.98. The van der Waals surface area contributed by atoms with Gasteiger partial charge in [0.05, 0.1) is 12.2 Å². The number of ether oxygens (including phenoxy) is 1. The number of rotatable bonds is 3. The Hall–Kier alpha value is -1.02. The molecule has 1 aromatic carbocycles. The van der Waals surface area contributed by atoms with Crippen LogP contribution in [-0.4, -0.2) is 12.6 Å². The van der Waals surface area contributed by atoms with Crippen LogP contribution in [0.25, 0.3) is 0 Å². The van der Waals surface area contributed by atoms with Crippen LogP contribution in [0.5, 0.6) is 0 Å². The first-order valence-corrected chi connectivity index (χ1v) is 4.06. The van der Waals surface area contributed by atoms with Crippen LogP contribution in [0.3, 0.4) is 0 Å². The quantitative estimate of drug-likeness (QED) is 0.702. The Labute approximate surface area is 84.3 Å². The van der Waals surface area contributed by atoms with Crippen LogP contribution in [0.1, 0.15) is 23.7 Å². The smallest absolute Gasteiger partial charge is 0.338 e. The lowest BCUT2D eigenvalue weighted by atomic mass is 10.2. The number of hydrogen-bond donors (Lipinski definition) is 0. The highest BCUT2D eigenvalue weighted by molar-refractivity contribution is 5.89. The van der Waals surface area contributed by atoms with E-state index in [4.69, 9.17) is 4.74 Å². The number of carbonyl (C=O) groups is 1. The Balaban J connectivity index is 0.00000144. The maximum absolute atomic E-state index is 11.2. The SMILES string of the molecule is CCCOC(=O)c1ccccc1.Cl. The third-order valence-corrected chi connectivity index (χ3v) is 1.45. The van der Waals surface area contributed by atoms with Crippen molar-refractivity contribution in [2.24, 2.45) is 0 Å². The molecule has 0 spiro atoms. The van der Waals surface area contributed by atoms with Gasteiger partial charge in [0.1, 0.15) is 0 Å². The fraction of sp³-hybridized carbons (Fsp3) is 0.300. The van der Waals surface area contributed by atoms with Gasteiger partial charge in [-0.2, -0.15) is 0 Å². The summed E-state index contributed by atoms with van der Waals surface area (Å²) in [4.78, 5) is 11.2. The second-order valence-electron chi connectivity index (χ2n) is 2.50. The number of esters is 1. The molecule has 0 fully saturated rings. The molecule has 0 aliphatic carbocycles. The van der Waals surface area contributed by atoms with Gasteiger partial charge in [0, 0.05) is 0 Å². The molecule has 1 aromatic rings. The van der Waals surface area contributed by atoms with E-state index in [1.54, 1.807) is 12.1 Å². The van der Waals surface area contributed by atoms with Gasteiger partial charge in [-0.15, -0.1) is 12.4 Å². The molecule has 0 bridgehead atoms. The van der Waals surface area contributed by atoms with Gasteiger partial charge in [0.15, 0.2) is 0 Å². The van der Waals surface area contributed by atoms with Gasteiger partial charge in [-0.25, -0.2) is 4.79 Å². The molecule has 0 aromatic heterocycles. The van der Waals surface area contributed by atoms with Crippen molar-refractivity contribution in [1.82, 2.24) is 0 Å². The zero-order valence-corrected chi connectivity index (χ0v) is 8.34. The highest BCUT2D eigenvalue weighted by Crippen LogP contribution is 2.00. The summed E-state index contributed by atoms with van der Waals surface area (Å²) in [5.74, 6) is -0.238. The molecular formula is C10H13ClO2. The summed E-state index contributed by atoms with van der Waals surface area (Å²) >= 11 is 0. The first-order chi connectivity index (χ1) is 5.84. The van der Waals surface area contributed by atoms with Gasteiger partial charge in [0.2, 0.25) is 0 Å². The highest BCUT2D eigenvalue weighted by Gasteiger charge is 2.03. The summed E-state index contributed by atoms with van der Waals surface area (Å²) in [5.41, 5.74) is 0.617. The molecular weight excluding hydrogens is 188 g/mol. The van der Waals surface area contributed by atoms with Crippen molar-refractivity contribution in [2.45, 2.75) is 13.3 Å². The van der Waals surface area contributed by atoms with Crippen molar-refractivity contribution in [1.29, 1.82) is 0 Å². The molecule has 0 aliphatic heterocycles. The number of halogens is 1. The van der Waals surface area contributed by atoms with Gasteiger partial charge < -0.3 is 4.74 Å². The molecule has 3 heteroatoms. The average molecular weight is 201 g/mol. The fourth-order valence-corrected chi connectivity index (χ4v) is 0.852. The van der Waals surface area contributed by atoms with E-state index < -0.39 is 0 Å². The topological polar surface area (TPSA) is 26.3 Å². The Morgan fingerprint density at radius 2 is 1.92 bits per heavy atom. The minimum atomic E-state index is -0.238. The summed E-state index contributed by atoms with van der Waals surface area (Å²) in [6.07, 6.45) is 0.860. The molecule has 13 heavy (non-hydrogen) atoms. The van der Waals surface area contributed by atoms with E-state index in [1.165, 1.54) is 0 Å². The van der Waals surface area contributed by atoms with E-state index in [1.807, 2.05) is 25.1 Å². The average Bonchev–Trinajstić information content (AvgIpc) is 2.15. The second kappa shape index (κ2) is 6.49. The number of benzene rings is 1. The summed E-state index contributed by atoms with van der Waals surface area (Å²) in [7, 11) is 0. The molecule has 0 saturated heterocycles. The lowest BCUT2D eigenvalue weighted by molar-refractivity contribution is 0.0505. The normalized spacial score (nSPS) is 8.69. The third-order valence-electron chi connectivity index (χ3n) is 1.45. The largest absolute Gasteiger partial charge is 0.462 e. The zero-order chi connectivity index (χ0) is 8.81. The van der Waals surface area contributed by atoms with Gasteiger partial charge in [-0.05, 0) is 18.6 Å². The van der Waals surface area contributed by atoms with Crippen LogP contribution in [0.2, 0.25) is 0 Å². The molecule has 0 N–H and O–H groups in total. The van der Waals surface area contributed by atoms with Crippen LogP contribution < -0.4 is 0 Å². The molecule has 0 saturated carbocycles. The maximum Gasteiger partial charge on any atom is 0.338 e. The van der Waals surface area contributed by atoms with Gasteiger partial charge >= 0.3 is 5.97 Å². The monoisotopic (exact) mass is 200 g/mol. The number of carbonyl (C=O) groups excluding carboxylic acids is 1.